The topological polar surface area (TPSA) is 74.2 Å². The molecule has 0 radical (unpaired) electrons. The molecule has 0 saturated heterocycles. The van der Waals surface area contributed by atoms with Crippen LogP contribution < -0.4 is 15.4 Å². The Balaban J connectivity index is 2.10. The maximum atomic E-state index is 12.0. The Bertz CT molecular complexity index is 705. The average Bonchev–Trinajstić information content (AvgIpc) is 2.49. The number of urea groups is 1. The third-order valence-electron chi connectivity index (χ3n) is 2.98. The van der Waals surface area contributed by atoms with Crippen LogP contribution in [0.2, 0.25) is 0 Å². The molecular formula is C16H15N3O2. The molecule has 21 heavy (non-hydrogen) atoms. The predicted molar refractivity (Wildman–Crippen MR) is 81.5 cm³/mol. The number of nitriles is 1. The van der Waals surface area contributed by atoms with Gasteiger partial charge < -0.3 is 15.4 Å². The third-order valence-corrected chi connectivity index (χ3v) is 2.98. The van der Waals surface area contributed by atoms with Crippen LogP contribution in [-0.2, 0) is 0 Å². The number of nitrogens with zero attached hydrogens (tertiary/aromatic N) is 1. The first-order valence-corrected chi connectivity index (χ1v) is 6.36. The first kappa shape index (κ1) is 14.4. The van der Waals surface area contributed by atoms with Crippen LogP contribution >= 0.6 is 0 Å². The molecule has 2 rings (SSSR count). The second-order valence-corrected chi connectivity index (χ2v) is 4.42. The number of rotatable bonds is 3. The van der Waals surface area contributed by atoms with Crippen molar-refractivity contribution in [3.63, 3.8) is 0 Å². The molecular weight excluding hydrogens is 266 g/mol. The molecule has 0 aliphatic carbocycles. The number of methoxy groups -OCH3 is 1. The number of carbonyl (C=O) groups excluding carboxylic acids is 1. The van der Waals surface area contributed by atoms with Crippen molar-refractivity contribution in [3.8, 4) is 11.8 Å². The molecule has 2 amide bonds. The number of benzene rings is 2. The fourth-order valence-corrected chi connectivity index (χ4v) is 1.87. The summed E-state index contributed by atoms with van der Waals surface area (Å²) >= 11 is 0. The van der Waals surface area contributed by atoms with Crippen molar-refractivity contribution in [3.05, 3.63) is 53.6 Å². The molecule has 0 saturated carbocycles. The summed E-state index contributed by atoms with van der Waals surface area (Å²) in [5.74, 6) is 0.730. The third kappa shape index (κ3) is 3.51. The van der Waals surface area contributed by atoms with Crippen molar-refractivity contribution in [1.82, 2.24) is 0 Å². The average molecular weight is 281 g/mol. The summed E-state index contributed by atoms with van der Waals surface area (Å²) in [6.07, 6.45) is 0. The molecule has 2 N–H and O–H groups in total. The fraction of sp³-hybridized carbons (Fsp3) is 0.125. The van der Waals surface area contributed by atoms with Gasteiger partial charge in [-0.1, -0.05) is 12.1 Å². The van der Waals surface area contributed by atoms with Crippen LogP contribution in [0.15, 0.2) is 42.5 Å². The number of hydrogen-bond acceptors (Lipinski definition) is 3. The molecule has 2 aromatic carbocycles. The van der Waals surface area contributed by atoms with Crippen LogP contribution in [0.25, 0.3) is 0 Å². The smallest absolute Gasteiger partial charge is 0.323 e. The van der Waals surface area contributed by atoms with Gasteiger partial charge in [-0.2, -0.15) is 5.26 Å². The lowest BCUT2D eigenvalue weighted by Gasteiger charge is -2.11. The van der Waals surface area contributed by atoms with Crippen LogP contribution in [0, 0.1) is 18.3 Å². The van der Waals surface area contributed by atoms with Gasteiger partial charge in [0.05, 0.1) is 18.4 Å². The largest absolute Gasteiger partial charge is 0.497 e. The number of amides is 2. The summed E-state index contributed by atoms with van der Waals surface area (Å²) in [7, 11) is 1.59. The summed E-state index contributed by atoms with van der Waals surface area (Å²) in [4.78, 5) is 12.0. The number of carbonyl (C=O) groups is 1. The van der Waals surface area contributed by atoms with E-state index in [1.807, 2.05) is 19.1 Å². The quantitative estimate of drug-likeness (QED) is 0.904. The van der Waals surface area contributed by atoms with Crippen LogP contribution in [0.1, 0.15) is 11.1 Å². The number of hydrogen-bond donors (Lipinski definition) is 2. The highest BCUT2D eigenvalue weighted by Crippen LogP contribution is 2.21. The molecule has 5 heteroatoms. The molecule has 0 spiro atoms. The van der Waals surface area contributed by atoms with Gasteiger partial charge in [-0.3, -0.25) is 0 Å². The van der Waals surface area contributed by atoms with E-state index >= 15 is 0 Å². The summed E-state index contributed by atoms with van der Waals surface area (Å²) in [5.41, 5.74) is 2.46. The Morgan fingerprint density at radius 2 is 1.86 bits per heavy atom. The lowest BCUT2D eigenvalue weighted by molar-refractivity contribution is 0.262. The Morgan fingerprint density at radius 3 is 2.52 bits per heavy atom. The zero-order valence-corrected chi connectivity index (χ0v) is 11.8. The zero-order chi connectivity index (χ0) is 15.2. The Labute approximate surface area is 123 Å². The molecule has 0 heterocycles. The highest BCUT2D eigenvalue weighted by molar-refractivity contribution is 6.01. The first-order chi connectivity index (χ1) is 10.1. The van der Waals surface area contributed by atoms with Crippen molar-refractivity contribution < 1.29 is 9.53 Å². The van der Waals surface area contributed by atoms with Crippen LogP contribution in [0.4, 0.5) is 16.2 Å². The number of para-hydroxylation sites is 1. The molecule has 0 fully saturated rings. The fourth-order valence-electron chi connectivity index (χ4n) is 1.87. The van der Waals surface area contributed by atoms with E-state index in [9.17, 15) is 4.79 Å². The van der Waals surface area contributed by atoms with E-state index < -0.39 is 6.03 Å². The summed E-state index contributed by atoms with van der Waals surface area (Å²) < 4.78 is 5.12. The van der Waals surface area contributed by atoms with Gasteiger partial charge in [0, 0.05) is 5.69 Å². The Hall–Kier alpha value is -3.00. The number of anilines is 2. The highest BCUT2D eigenvalue weighted by atomic mass is 16.5. The summed E-state index contributed by atoms with van der Waals surface area (Å²) in [6, 6.07) is 13.8. The molecule has 5 nitrogen and oxygen atoms in total. The van der Waals surface area contributed by atoms with Gasteiger partial charge >= 0.3 is 6.03 Å². The standard InChI is InChI=1S/C16H15N3O2/c1-11-9-13(21-2)7-8-14(11)18-16(20)19-15-6-4-3-5-12(15)10-17/h3-9H,1-2H3,(H2,18,19,20). The molecule has 0 unspecified atom stereocenters. The van der Waals surface area contributed by atoms with Gasteiger partial charge in [0.1, 0.15) is 11.8 Å². The molecule has 106 valence electrons. The maximum absolute atomic E-state index is 12.0. The zero-order valence-electron chi connectivity index (χ0n) is 11.8. The minimum absolute atomic E-state index is 0.397. The number of ether oxygens (including phenoxy) is 1. The van der Waals surface area contributed by atoms with Crippen molar-refractivity contribution in [2.75, 3.05) is 17.7 Å². The van der Waals surface area contributed by atoms with Crippen molar-refractivity contribution >= 4 is 17.4 Å². The van der Waals surface area contributed by atoms with E-state index in [2.05, 4.69) is 10.6 Å². The van der Waals surface area contributed by atoms with E-state index in [1.54, 1.807) is 43.5 Å². The molecule has 2 aromatic rings. The summed E-state index contributed by atoms with van der Waals surface area (Å²) in [5, 5.41) is 14.4. The first-order valence-electron chi connectivity index (χ1n) is 6.36. The normalized spacial score (nSPS) is 9.57. The molecule has 0 bridgehead atoms. The second-order valence-electron chi connectivity index (χ2n) is 4.42. The lowest BCUT2D eigenvalue weighted by atomic mass is 10.2. The Kier molecular flexibility index (Phi) is 4.42. The van der Waals surface area contributed by atoms with Crippen LogP contribution in [0.3, 0.4) is 0 Å². The minimum atomic E-state index is -0.397. The van der Waals surface area contributed by atoms with Gasteiger partial charge in [0.2, 0.25) is 0 Å². The minimum Gasteiger partial charge on any atom is -0.497 e. The van der Waals surface area contributed by atoms with Crippen LogP contribution in [-0.4, -0.2) is 13.1 Å². The van der Waals surface area contributed by atoms with Crippen molar-refractivity contribution in [1.29, 1.82) is 5.26 Å². The maximum Gasteiger partial charge on any atom is 0.323 e. The molecule has 0 aliphatic rings. The van der Waals surface area contributed by atoms with E-state index in [-0.39, 0.29) is 0 Å². The predicted octanol–water partition coefficient (Wildman–Crippen LogP) is 3.52. The molecule has 0 atom stereocenters. The summed E-state index contributed by atoms with van der Waals surface area (Å²) in [6.45, 7) is 1.88. The van der Waals surface area contributed by atoms with E-state index in [4.69, 9.17) is 10.00 Å². The van der Waals surface area contributed by atoms with Crippen molar-refractivity contribution in [2.24, 2.45) is 0 Å². The van der Waals surface area contributed by atoms with Gasteiger partial charge in [-0.15, -0.1) is 0 Å². The number of nitrogens with one attached hydrogen (secondary N) is 2. The monoisotopic (exact) mass is 281 g/mol. The van der Waals surface area contributed by atoms with Crippen molar-refractivity contribution in [2.45, 2.75) is 6.92 Å². The van der Waals surface area contributed by atoms with Gasteiger partial charge in [-0.25, -0.2) is 4.79 Å². The van der Waals surface area contributed by atoms with E-state index in [0.29, 0.717) is 16.9 Å². The van der Waals surface area contributed by atoms with Gasteiger partial charge in [0.25, 0.3) is 0 Å². The number of aryl methyl sites for hydroxylation is 1. The lowest BCUT2D eigenvalue weighted by Crippen LogP contribution is -2.20. The van der Waals surface area contributed by atoms with Crippen LogP contribution in [0.5, 0.6) is 5.75 Å². The molecule has 0 aliphatic heterocycles. The van der Waals surface area contributed by atoms with E-state index in [1.165, 1.54) is 0 Å². The van der Waals surface area contributed by atoms with Gasteiger partial charge in [-0.05, 0) is 42.8 Å². The second kappa shape index (κ2) is 6.44. The SMILES string of the molecule is COc1ccc(NC(=O)Nc2ccccc2C#N)c(C)c1. The van der Waals surface area contributed by atoms with Gasteiger partial charge in [0.15, 0.2) is 0 Å². The van der Waals surface area contributed by atoms with E-state index in [0.717, 1.165) is 11.3 Å². The molecule has 0 aromatic heterocycles. The highest BCUT2D eigenvalue weighted by Gasteiger charge is 2.08. The Morgan fingerprint density at radius 1 is 1.14 bits per heavy atom.